The third-order valence-electron chi connectivity index (χ3n) is 2.23. The lowest BCUT2D eigenvalue weighted by molar-refractivity contribution is -0.147. The van der Waals surface area contributed by atoms with Crippen molar-refractivity contribution in [2.75, 3.05) is 13.1 Å². The maximum atomic E-state index is 12.4. The molecule has 2 nitrogen and oxygen atoms in total. The molecule has 0 fully saturated rings. The van der Waals surface area contributed by atoms with Crippen LogP contribution in [0.25, 0.3) is 0 Å². The van der Waals surface area contributed by atoms with Gasteiger partial charge in [-0.25, -0.2) is 4.98 Å². The SMILES string of the molecule is CCCN(Cc1cnc(Cl)cc1Cl)CC(F)(F)F. The van der Waals surface area contributed by atoms with Gasteiger partial charge in [-0.15, -0.1) is 0 Å². The number of pyridine rings is 1. The van der Waals surface area contributed by atoms with Crippen LogP contribution in [0.3, 0.4) is 0 Å². The molecule has 18 heavy (non-hydrogen) atoms. The molecule has 0 aliphatic carbocycles. The summed E-state index contributed by atoms with van der Waals surface area (Å²) in [7, 11) is 0. The molecular formula is C11H13Cl2F3N2. The standard InChI is InChI=1S/C11H13Cl2F3N2/c1-2-3-18(7-11(14,15)16)6-8-5-17-10(13)4-9(8)12/h4-5H,2-3,6-7H2,1H3. The summed E-state index contributed by atoms with van der Waals surface area (Å²) in [6.07, 6.45) is -2.18. The second-order valence-electron chi connectivity index (χ2n) is 3.92. The number of rotatable bonds is 5. The highest BCUT2D eigenvalue weighted by Crippen LogP contribution is 2.23. The first-order valence-electron chi connectivity index (χ1n) is 5.41. The Morgan fingerprint density at radius 3 is 2.50 bits per heavy atom. The Kier molecular flexibility index (Phi) is 5.69. The molecular weight excluding hydrogens is 288 g/mol. The Labute approximate surface area is 114 Å². The molecule has 0 bridgehead atoms. The van der Waals surface area contributed by atoms with Crippen molar-refractivity contribution >= 4 is 23.2 Å². The predicted molar refractivity (Wildman–Crippen MR) is 65.9 cm³/mol. The number of hydrogen-bond acceptors (Lipinski definition) is 2. The van der Waals surface area contributed by atoms with E-state index in [0.717, 1.165) is 0 Å². The zero-order chi connectivity index (χ0) is 13.8. The highest BCUT2D eigenvalue weighted by molar-refractivity contribution is 6.34. The summed E-state index contributed by atoms with van der Waals surface area (Å²) < 4.78 is 37.2. The highest BCUT2D eigenvalue weighted by Gasteiger charge is 2.30. The third kappa shape index (κ3) is 5.42. The molecule has 1 aromatic rings. The number of nitrogens with zero attached hydrogens (tertiary/aromatic N) is 2. The molecule has 0 saturated heterocycles. The summed E-state index contributed by atoms with van der Waals surface area (Å²) in [6.45, 7) is 1.32. The van der Waals surface area contributed by atoms with Crippen LogP contribution in [-0.4, -0.2) is 29.1 Å². The molecule has 7 heteroatoms. The molecule has 0 aliphatic rings. The summed E-state index contributed by atoms with van der Waals surface area (Å²) in [4.78, 5) is 5.11. The van der Waals surface area contributed by atoms with Gasteiger partial charge < -0.3 is 0 Å². The van der Waals surface area contributed by atoms with Gasteiger partial charge in [0.1, 0.15) is 5.15 Å². The van der Waals surface area contributed by atoms with Crippen molar-refractivity contribution in [3.8, 4) is 0 Å². The molecule has 0 aliphatic heterocycles. The molecule has 1 rings (SSSR count). The Bertz CT molecular complexity index is 396. The predicted octanol–water partition coefficient (Wildman–Crippen LogP) is 4.16. The molecule has 0 saturated carbocycles. The summed E-state index contributed by atoms with van der Waals surface area (Å²) in [5.74, 6) is 0. The quantitative estimate of drug-likeness (QED) is 0.759. The monoisotopic (exact) mass is 300 g/mol. The van der Waals surface area contributed by atoms with E-state index in [9.17, 15) is 13.2 Å². The smallest absolute Gasteiger partial charge is 0.291 e. The molecule has 0 unspecified atom stereocenters. The number of aromatic nitrogens is 1. The van der Waals surface area contributed by atoms with E-state index in [0.29, 0.717) is 23.6 Å². The van der Waals surface area contributed by atoms with E-state index in [1.807, 2.05) is 6.92 Å². The van der Waals surface area contributed by atoms with Gasteiger partial charge in [0.15, 0.2) is 0 Å². The molecule has 0 amide bonds. The molecule has 0 aromatic carbocycles. The Balaban J connectivity index is 2.76. The van der Waals surface area contributed by atoms with Gasteiger partial charge in [-0.3, -0.25) is 4.90 Å². The topological polar surface area (TPSA) is 16.1 Å². The van der Waals surface area contributed by atoms with E-state index in [1.54, 1.807) is 0 Å². The molecule has 0 spiro atoms. The van der Waals surface area contributed by atoms with Crippen LogP contribution in [0, 0.1) is 0 Å². The fraction of sp³-hybridized carbons (Fsp3) is 0.545. The average Bonchev–Trinajstić information content (AvgIpc) is 2.20. The normalized spacial score (nSPS) is 12.2. The first-order chi connectivity index (χ1) is 8.31. The number of alkyl halides is 3. The van der Waals surface area contributed by atoms with Crippen molar-refractivity contribution in [3.63, 3.8) is 0 Å². The first kappa shape index (κ1) is 15.5. The van der Waals surface area contributed by atoms with E-state index < -0.39 is 12.7 Å². The minimum atomic E-state index is -4.22. The summed E-state index contributed by atoms with van der Waals surface area (Å²) in [5.41, 5.74) is 0.541. The van der Waals surface area contributed by atoms with E-state index in [1.165, 1.54) is 17.2 Å². The maximum Gasteiger partial charge on any atom is 0.401 e. The van der Waals surface area contributed by atoms with E-state index in [2.05, 4.69) is 4.98 Å². The highest BCUT2D eigenvalue weighted by atomic mass is 35.5. The van der Waals surface area contributed by atoms with Gasteiger partial charge in [-0.2, -0.15) is 13.2 Å². The minimum absolute atomic E-state index is 0.107. The van der Waals surface area contributed by atoms with Crippen LogP contribution in [0.2, 0.25) is 10.2 Å². The second-order valence-corrected chi connectivity index (χ2v) is 4.72. The van der Waals surface area contributed by atoms with Crippen LogP contribution in [0.4, 0.5) is 13.2 Å². The van der Waals surface area contributed by atoms with Gasteiger partial charge in [0.2, 0.25) is 0 Å². The van der Waals surface area contributed by atoms with E-state index in [-0.39, 0.29) is 11.7 Å². The van der Waals surface area contributed by atoms with Gasteiger partial charge in [-0.05, 0) is 19.0 Å². The lowest BCUT2D eigenvalue weighted by atomic mass is 10.2. The fourth-order valence-corrected chi connectivity index (χ4v) is 2.00. The van der Waals surface area contributed by atoms with Crippen LogP contribution >= 0.6 is 23.2 Å². The summed E-state index contributed by atoms with van der Waals surface area (Å²) in [6, 6.07) is 1.43. The Hall–Kier alpha value is -0.520. The van der Waals surface area contributed by atoms with Crippen LogP contribution < -0.4 is 0 Å². The zero-order valence-electron chi connectivity index (χ0n) is 9.77. The lowest BCUT2D eigenvalue weighted by Gasteiger charge is -2.23. The first-order valence-corrected chi connectivity index (χ1v) is 6.16. The number of halogens is 5. The summed E-state index contributed by atoms with van der Waals surface area (Å²) >= 11 is 11.5. The minimum Gasteiger partial charge on any atom is -0.291 e. The van der Waals surface area contributed by atoms with E-state index in [4.69, 9.17) is 23.2 Å². The van der Waals surface area contributed by atoms with Crippen molar-refractivity contribution in [1.82, 2.24) is 9.88 Å². The Morgan fingerprint density at radius 2 is 2.00 bits per heavy atom. The van der Waals surface area contributed by atoms with Crippen molar-refractivity contribution in [2.24, 2.45) is 0 Å². The summed E-state index contributed by atoms with van der Waals surface area (Å²) in [5, 5.41) is 0.555. The van der Waals surface area contributed by atoms with Gasteiger partial charge >= 0.3 is 6.18 Å². The molecule has 0 N–H and O–H groups in total. The molecule has 0 radical (unpaired) electrons. The van der Waals surface area contributed by atoms with Gasteiger partial charge in [0.05, 0.1) is 6.54 Å². The van der Waals surface area contributed by atoms with Crippen molar-refractivity contribution < 1.29 is 13.2 Å². The zero-order valence-corrected chi connectivity index (χ0v) is 11.3. The molecule has 0 atom stereocenters. The second kappa shape index (κ2) is 6.59. The van der Waals surface area contributed by atoms with E-state index >= 15 is 0 Å². The average molecular weight is 301 g/mol. The molecule has 1 aromatic heterocycles. The van der Waals surface area contributed by atoms with Crippen LogP contribution in [0.1, 0.15) is 18.9 Å². The van der Waals surface area contributed by atoms with Crippen LogP contribution in [0.15, 0.2) is 12.3 Å². The lowest BCUT2D eigenvalue weighted by Crippen LogP contribution is -2.34. The fourth-order valence-electron chi connectivity index (χ4n) is 1.58. The van der Waals surface area contributed by atoms with Crippen molar-refractivity contribution in [3.05, 3.63) is 28.0 Å². The van der Waals surface area contributed by atoms with Gasteiger partial charge in [0, 0.05) is 23.3 Å². The maximum absolute atomic E-state index is 12.4. The van der Waals surface area contributed by atoms with Crippen molar-refractivity contribution in [1.29, 1.82) is 0 Å². The molecule has 102 valence electrons. The molecule has 1 heterocycles. The largest absolute Gasteiger partial charge is 0.401 e. The van der Waals surface area contributed by atoms with Gasteiger partial charge in [0.25, 0.3) is 0 Å². The van der Waals surface area contributed by atoms with Crippen molar-refractivity contribution in [2.45, 2.75) is 26.1 Å². The Morgan fingerprint density at radius 1 is 1.33 bits per heavy atom. The number of hydrogen-bond donors (Lipinski definition) is 0. The van der Waals surface area contributed by atoms with Crippen LogP contribution in [-0.2, 0) is 6.54 Å². The van der Waals surface area contributed by atoms with Crippen LogP contribution in [0.5, 0.6) is 0 Å². The third-order valence-corrected chi connectivity index (χ3v) is 2.79. The van der Waals surface area contributed by atoms with Gasteiger partial charge in [-0.1, -0.05) is 30.1 Å².